The normalized spacial score (nSPS) is 9.79. The van der Waals surface area contributed by atoms with Gasteiger partial charge < -0.3 is 9.47 Å². The summed E-state index contributed by atoms with van der Waals surface area (Å²) in [6.07, 6.45) is 0. The molecule has 0 aliphatic carbocycles. The lowest BCUT2D eigenvalue weighted by atomic mass is 10.2. The molecule has 2 amide bonds. The minimum absolute atomic E-state index is 0.0877. The molecule has 0 radical (unpaired) electrons. The molecule has 0 aliphatic heterocycles. The summed E-state index contributed by atoms with van der Waals surface area (Å²) in [5.41, 5.74) is 5.56. The molecule has 0 unspecified atom stereocenters. The second-order valence-electron chi connectivity index (χ2n) is 3.84. The van der Waals surface area contributed by atoms with Crippen LogP contribution < -0.4 is 15.6 Å². The van der Waals surface area contributed by atoms with E-state index < -0.39 is 11.8 Å². The molecule has 0 bridgehead atoms. The second kappa shape index (κ2) is 8.10. The largest absolute Gasteiger partial charge is 0.484 e. The fraction of sp³-hybridized carbons (Fsp3) is 0.385. The lowest BCUT2D eigenvalue weighted by Crippen LogP contribution is -2.45. The summed E-state index contributed by atoms with van der Waals surface area (Å²) >= 11 is 0. The van der Waals surface area contributed by atoms with Crippen LogP contribution >= 0.6 is 0 Å². The van der Waals surface area contributed by atoms with Crippen LogP contribution in [0.2, 0.25) is 0 Å². The van der Waals surface area contributed by atoms with Gasteiger partial charge in [-0.25, -0.2) is 0 Å². The summed E-state index contributed by atoms with van der Waals surface area (Å²) in [5.74, 6) is -0.252. The zero-order valence-corrected chi connectivity index (χ0v) is 11.1. The molecule has 0 atom stereocenters. The van der Waals surface area contributed by atoms with Crippen molar-refractivity contribution in [2.45, 2.75) is 13.8 Å². The van der Waals surface area contributed by atoms with Crippen molar-refractivity contribution >= 4 is 11.8 Å². The number of hydrogen-bond donors (Lipinski definition) is 2. The number of rotatable bonds is 6. The van der Waals surface area contributed by atoms with Gasteiger partial charge in [-0.05, 0) is 26.0 Å². The van der Waals surface area contributed by atoms with E-state index in [4.69, 9.17) is 9.47 Å². The highest BCUT2D eigenvalue weighted by Gasteiger charge is 2.05. The van der Waals surface area contributed by atoms with Crippen LogP contribution in [0.1, 0.15) is 12.5 Å². The number of benzene rings is 1. The molecule has 0 fully saturated rings. The Morgan fingerprint density at radius 2 is 1.63 bits per heavy atom. The topological polar surface area (TPSA) is 76.7 Å². The standard InChI is InChI=1S/C13H18N2O4/c1-3-18-8-12(16)14-15-13(17)9-19-11-6-4-10(2)5-7-11/h4-7H,3,8-9H2,1-2H3,(H,14,16)(H,15,17). The van der Waals surface area contributed by atoms with Gasteiger partial charge in [-0.15, -0.1) is 0 Å². The first-order chi connectivity index (χ1) is 9.11. The highest BCUT2D eigenvalue weighted by Crippen LogP contribution is 2.10. The molecule has 0 aromatic heterocycles. The van der Waals surface area contributed by atoms with E-state index in [1.165, 1.54) is 0 Å². The van der Waals surface area contributed by atoms with Gasteiger partial charge in [0.2, 0.25) is 0 Å². The smallest absolute Gasteiger partial charge is 0.276 e. The minimum Gasteiger partial charge on any atom is -0.484 e. The summed E-state index contributed by atoms with van der Waals surface area (Å²) in [5, 5.41) is 0. The predicted molar refractivity (Wildman–Crippen MR) is 69.5 cm³/mol. The molecule has 1 aromatic carbocycles. The van der Waals surface area contributed by atoms with Gasteiger partial charge in [0.05, 0.1) is 0 Å². The molecule has 1 rings (SSSR count). The predicted octanol–water partition coefficient (Wildman–Crippen LogP) is 0.558. The third-order valence-electron chi connectivity index (χ3n) is 2.17. The van der Waals surface area contributed by atoms with E-state index in [-0.39, 0.29) is 13.2 Å². The van der Waals surface area contributed by atoms with E-state index in [1.807, 2.05) is 19.1 Å². The molecular formula is C13H18N2O4. The van der Waals surface area contributed by atoms with E-state index in [9.17, 15) is 9.59 Å². The van der Waals surface area contributed by atoms with E-state index in [0.29, 0.717) is 12.4 Å². The highest BCUT2D eigenvalue weighted by atomic mass is 16.5. The maximum atomic E-state index is 11.4. The van der Waals surface area contributed by atoms with Crippen LogP contribution in [0.5, 0.6) is 5.75 Å². The maximum Gasteiger partial charge on any atom is 0.276 e. The van der Waals surface area contributed by atoms with Crippen LogP contribution in [0.3, 0.4) is 0 Å². The van der Waals surface area contributed by atoms with Crippen LogP contribution in [0.15, 0.2) is 24.3 Å². The Morgan fingerprint density at radius 3 is 2.21 bits per heavy atom. The van der Waals surface area contributed by atoms with Crippen molar-refractivity contribution in [1.29, 1.82) is 0 Å². The Balaban J connectivity index is 2.21. The molecule has 19 heavy (non-hydrogen) atoms. The number of nitrogens with one attached hydrogen (secondary N) is 2. The minimum atomic E-state index is -0.439. The van der Waals surface area contributed by atoms with Crippen molar-refractivity contribution in [2.24, 2.45) is 0 Å². The number of ether oxygens (including phenoxy) is 2. The van der Waals surface area contributed by atoms with Crippen molar-refractivity contribution in [3.63, 3.8) is 0 Å². The molecule has 1 aromatic rings. The Kier molecular flexibility index (Phi) is 6.38. The number of carbonyl (C=O) groups excluding carboxylic acids is 2. The van der Waals surface area contributed by atoms with Gasteiger partial charge in [0, 0.05) is 6.61 Å². The van der Waals surface area contributed by atoms with Crippen LogP contribution in [0.25, 0.3) is 0 Å². The zero-order valence-electron chi connectivity index (χ0n) is 11.1. The monoisotopic (exact) mass is 266 g/mol. The lowest BCUT2D eigenvalue weighted by molar-refractivity contribution is -0.132. The molecule has 6 nitrogen and oxygen atoms in total. The van der Waals surface area contributed by atoms with Crippen molar-refractivity contribution < 1.29 is 19.1 Å². The van der Waals surface area contributed by atoms with Gasteiger partial charge in [-0.3, -0.25) is 20.4 Å². The summed E-state index contributed by atoms with van der Waals surface area (Å²) in [7, 11) is 0. The average molecular weight is 266 g/mol. The fourth-order valence-electron chi connectivity index (χ4n) is 1.19. The Bertz CT molecular complexity index is 417. The summed E-state index contributed by atoms with van der Waals surface area (Å²) < 4.78 is 10.1. The Labute approximate surface area is 112 Å². The number of hydrazine groups is 1. The third kappa shape index (κ3) is 6.42. The van der Waals surface area contributed by atoms with Crippen molar-refractivity contribution in [1.82, 2.24) is 10.9 Å². The molecule has 0 saturated heterocycles. The second-order valence-corrected chi connectivity index (χ2v) is 3.84. The Hall–Kier alpha value is -2.08. The van der Waals surface area contributed by atoms with E-state index >= 15 is 0 Å². The molecule has 6 heteroatoms. The van der Waals surface area contributed by atoms with Crippen LogP contribution in [-0.4, -0.2) is 31.6 Å². The molecule has 0 spiro atoms. The molecule has 0 aliphatic rings. The fourth-order valence-corrected chi connectivity index (χ4v) is 1.19. The SMILES string of the molecule is CCOCC(=O)NNC(=O)COc1ccc(C)cc1. The molecular weight excluding hydrogens is 248 g/mol. The van der Waals surface area contributed by atoms with Gasteiger partial charge in [0.1, 0.15) is 12.4 Å². The van der Waals surface area contributed by atoms with Crippen molar-refractivity contribution in [2.75, 3.05) is 19.8 Å². The van der Waals surface area contributed by atoms with Crippen molar-refractivity contribution in [3.8, 4) is 5.75 Å². The third-order valence-corrected chi connectivity index (χ3v) is 2.17. The number of aryl methyl sites for hydroxylation is 1. The first-order valence-electron chi connectivity index (χ1n) is 5.96. The summed E-state index contributed by atoms with van der Waals surface area (Å²) in [6.45, 7) is 3.93. The van der Waals surface area contributed by atoms with Gasteiger partial charge >= 0.3 is 0 Å². The zero-order chi connectivity index (χ0) is 14.1. The van der Waals surface area contributed by atoms with Crippen molar-refractivity contribution in [3.05, 3.63) is 29.8 Å². The first-order valence-corrected chi connectivity index (χ1v) is 5.96. The number of hydrogen-bond acceptors (Lipinski definition) is 4. The van der Waals surface area contributed by atoms with Gasteiger partial charge in [0.15, 0.2) is 6.61 Å². The number of amides is 2. The van der Waals surface area contributed by atoms with Gasteiger partial charge in [-0.2, -0.15) is 0 Å². The molecule has 104 valence electrons. The Morgan fingerprint density at radius 1 is 1.05 bits per heavy atom. The summed E-state index contributed by atoms with van der Waals surface area (Å²) in [4.78, 5) is 22.5. The molecule has 0 heterocycles. The quantitative estimate of drug-likeness (QED) is 0.738. The summed E-state index contributed by atoms with van der Waals surface area (Å²) in [6, 6.07) is 7.32. The van der Waals surface area contributed by atoms with Gasteiger partial charge in [0.25, 0.3) is 11.8 Å². The molecule has 2 N–H and O–H groups in total. The van der Waals surface area contributed by atoms with E-state index in [2.05, 4.69) is 10.9 Å². The number of carbonyl (C=O) groups is 2. The maximum absolute atomic E-state index is 11.4. The van der Waals surface area contributed by atoms with E-state index in [1.54, 1.807) is 19.1 Å². The first kappa shape index (κ1) is 15.0. The van der Waals surface area contributed by atoms with Crippen LogP contribution in [-0.2, 0) is 14.3 Å². The van der Waals surface area contributed by atoms with Crippen LogP contribution in [0, 0.1) is 6.92 Å². The van der Waals surface area contributed by atoms with Gasteiger partial charge in [-0.1, -0.05) is 17.7 Å². The average Bonchev–Trinajstić information content (AvgIpc) is 2.42. The van der Waals surface area contributed by atoms with Crippen LogP contribution in [0.4, 0.5) is 0 Å². The lowest BCUT2D eigenvalue weighted by Gasteiger charge is -2.08. The molecule has 0 saturated carbocycles. The highest BCUT2D eigenvalue weighted by molar-refractivity contribution is 5.83. The van der Waals surface area contributed by atoms with E-state index in [0.717, 1.165) is 5.56 Å².